The second kappa shape index (κ2) is 8.06. The smallest absolute Gasteiger partial charge is 0.267 e. The predicted molar refractivity (Wildman–Crippen MR) is 73.5 cm³/mol. The molecule has 0 aromatic heterocycles. The van der Waals surface area contributed by atoms with Crippen molar-refractivity contribution in [1.29, 1.82) is 0 Å². The third kappa shape index (κ3) is 12.7. The van der Waals surface area contributed by atoms with E-state index in [-0.39, 0.29) is 31.8 Å². The SMILES string of the molecule is C=C(O)CCOCC[C@](O)(COS(C)(=O)=O)OS(C)(=O)=O. The lowest BCUT2D eigenvalue weighted by Crippen LogP contribution is -2.41. The van der Waals surface area contributed by atoms with Crippen LogP contribution in [-0.4, -0.2) is 65.2 Å². The summed E-state index contributed by atoms with van der Waals surface area (Å²) in [6, 6.07) is 0. The Balaban J connectivity index is 4.55. The van der Waals surface area contributed by atoms with Gasteiger partial charge in [0.25, 0.3) is 20.2 Å². The number of hydrogen-bond acceptors (Lipinski definition) is 9. The quantitative estimate of drug-likeness (QED) is 0.219. The number of aliphatic hydroxyl groups is 2. The molecule has 0 rings (SSSR count). The Morgan fingerprint density at radius 3 is 2.14 bits per heavy atom. The molecule has 11 heteroatoms. The molecule has 0 spiro atoms. The van der Waals surface area contributed by atoms with Crippen molar-refractivity contribution in [2.45, 2.75) is 18.6 Å². The molecule has 126 valence electrons. The van der Waals surface area contributed by atoms with Crippen LogP contribution in [0.2, 0.25) is 0 Å². The Morgan fingerprint density at radius 1 is 1.14 bits per heavy atom. The average molecular weight is 348 g/mol. The zero-order valence-corrected chi connectivity index (χ0v) is 13.4. The minimum absolute atomic E-state index is 0.0851. The number of aliphatic hydroxyl groups excluding tert-OH is 1. The van der Waals surface area contributed by atoms with E-state index in [0.717, 1.165) is 6.26 Å². The third-order valence-corrected chi connectivity index (χ3v) is 3.14. The summed E-state index contributed by atoms with van der Waals surface area (Å²) in [5.74, 6) is -2.45. The molecule has 0 saturated carbocycles. The van der Waals surface area contributed by atoms with Crippen LogP contribution < -0.4 is 0 Å². The van der Waals surface area contributed by atoms with Crippen LogP contribution in [0.1, 0.15) is 12.8 Å². The molecule has 0 aromatic rings. The summed E-state index contributed by atoms with van der Waals surface area (Å²) in [6.07, 6.45) is 1.27. The van der Waals surface area contributed by atoms with E-state index in [4.69, 9.17) is 9.84 Å². The summed E-state index contributed by atoms with van der Waals surface area (Å²) >= 11 is 0. The Labute approximate surface area is 124 Å². The van der Waals surface area contributed by atoms with Crippen molar-refractivity contribution in [3.05, 3.63) is 12.3 Å². The molecule has 0 saturated heterocycles. The van der Waals surface area contributed by atoms with Crippen molar-refractivity contribution in [2.75, 3.05) is 32.3 Å². The highest BCUT2D eigenvalue weighted by Crippen LogP contribution is 2.17. The molecule has 0 heterocycles. The molecule has 0 bridgehead atoms. The van der Waals surface area contributed by atoms with Crippen LogP contribution in [0.3, 0.4) is 0 Å². The summed E-state index contributed by atoms with van der Waals surface area (Å²) in [5.41, 5.74) is 0. The van der Waals surface area contributed by atoms with Crippen molar-refractivity contribution in [1.82, 2.24) is 0 Å². The molecule has 0 radical (unpaired) electrons. The van der Waals surface area contributed by atoms with Gasteiger partial charge in [-0.1, -0.05) is 6.58 Å². The summed E-state index contributed by atoms with van der Waals surface area (Å²) in [4.78, 5) is 0. The third-order valence-electron chi connectivity index (χ3n) is 1.98. The first-order valence-electron chi connectivity index (χ1n) is 5.75. The van der Waals surface area contributed by atoms with E-state index in [2.05, 4.69) is 14.9 Å². The standard InChI is InChI=1S/C10H20O9S2/c1-9(11)4-6-17-7-5-10(12,19-21(3,15)16)8-18-20(2,13)14/h11-12H,1,4-8H2,2-3H3/t10-/m1/s1. The fraction of sp³-hybridized carbons (Fsp3) is 0.800. The number of hydrogen-bond donors (Lipinski definition) is 2. The van der Waals surface area contributed by atoms with Crippen LogP contribution in [0.4, 0.5) is 0 Å². The topological polar surface area (TPSA) is 136 Å². The molecule has 1 atom stereocenters. The Bertz CT molecular complexity index is 537. The monoisotopic (exact) mass is 348 g/mol. The summed E-state index contributed by atoms with van der Waals surface area (Å²) < 4.78 is 57.8. The van der Waals surface area contributed by atoms with E-state index < -0.39 is 32.6 Å². The van der Waals surface area contributed by atoms with Crippen molar-refractivity contribution >= 4 is 20.2 Å². The lowest BCUT2D eigenvalue weighted by atomic mass is 10.2. The molecular weight excluding hydrogens is 328 g/mol. The van der Waals surface area contributed by atoms with Gasteiger partial charge in [0.15, 0.2) is 0 Å². The van der Waals surface area contributed by atoms with Crippen LogP contribution >= 0.6 is 0 Å². The van der Waals surface area contributed by atoms with Gasteiger partial charge in [-0.05, 0) is 0 Å². The molecule has 0 aliphatic heterocycles. The Kier molecular flexibility index (Phi) is 7.78. The molecule has 0 fully saturated rings. The highest BCUT2D eigenvalue weighted by Gasteiger charge is 2.34. The van der Waals surface area contributed by atoms with Crippen LogP contribution in [-0.2, 0) is 33.3 Å². The lowest BCUT2D eigenvalue weighted by molar-refractivity contribution is -0.167. The van der Waals surface area contributed by atoms with Gasteiger partial charge >= 0.3 is 0 Å². The molecule has 21 heavy (non-hydrogen) atoms. The largest absolute Gasteiger partial charge is 0.513 e. The first-order chi connectivity index (χ1) is 9.33. The molecule has 0 aromatic carbocycles. The number of rotatable bonds is 11. The van der Waals surface area contributed by atoms with Crippen LogP contribution in [0.5, 0.6) is 0 Å². The zero-order chi connectivity index (χ0) is 16.7. The summed E-state index contributed by atoms with van der Waals surface area (Å²) in [7, 11) is -7.92. The van der Waals surface area contributed by atoms with E-state index in [1.165, 1.54) is 0 Å². The first-order valence-corrected chi connectivity index (χ1v) is 9.38. The fourth-order valence-corrected chi connectivity index (χ4v) is 2.24. The lowest BCUT2D eigenvalue weighted by Gasteiger charge is -2.25. The minimum Gasteiger partial charge on any atom is -0.513 e. The molecule has 0 aliphatic carbocycles. The van der Waals surface area contributed by atoms with Gasteiger partial charge in [-0.15, -0.1) is 0 Å². The van der Waals surface area contributed by atoms with E-state index in [1.54, 1.807) is 0 Å². The van der Waals surface area contributed by atoms with Gasteiger partial charge in [0.2, 0.25) is 5.79 Å². The molecule has 9 nitrogen and oxygen atoms in total. The fourth-order valence-electron chi connectivity index (χ4n) is 1.14. The molecule has 0 aliphatic rings. The van der Waals surface area contributed by atoms with Gasteiger partial charge in [0.05, 0.1) is 31.5 Å². The van der Waals surface area contributed by atoms with E-state index >= 15 is 0 Å². The maximum Gasteiger partial charge on any atom is 0.267 e. The molecule has 0 amide bonds. The molecule has 0 unspecified atom stereocenters. The Hall–Kier alpha value is -0.720. The van der Waals surface area contributed by atoms with Crippen molar-refractivity contribution < 1.29 is 40.2 Å². The van der Waals surface area contributed by atoms with Crippen LogP contribution in [0.25, 0.3) is 0 Å². The van der Waals surface area contributed by atoms with Crippen molar-refractivity contribution in [3.8, 4) is 0 Å². The zero-order valence-electron chi connectivity index (χ0n) is 11.8. The van der Waals surface area contributed by atoms with Gasteiger partial charge < -0.3 is 14.9 Å². The first kappa shape index (κ1) is 20.3. The maximum absolute atomic E-state index is 11.1. The normalized spacial score (nSPS) is 15.6. The van der Waals surface area contributed by atoms with E-state index in [0.29, 0.717) is 6.26 Å². The van der Waals surface area contributed by atoms with Gasteiger partial charge in [0.1, 0.15) is 6.61 Å². The second-order valence-electron chi connectivity index (χ2n) is 4.38. The Morgan fingerprint density at radius 2 is 1.71 bits per heavy atom. The predicted octanol–water partition coefficient (Wildman–Crippen LogP) is -0.504. The van der Waals surface area contributed by atoms with Gasteiger partial charge in [-0.3, -0.25) is 4.18 Å². The summed E-state index contributed by atoms with van der Waals surface area (Å²) in [5, 5.41) is 18.8. The highest BCUT2D eigenvalue weighted by atomic mass is 32.2. The van der Waals surface area contributed by atoms with E-state index in [9.17, 15) is 21.9 Å². The van der Waals surface area contributed by atoms with Crippen LogP contribution in [0.15, 0.2) is 12.3 Å². The minimum atomic E-state index is -4.04. The second-order valence-corrected chi connectivity index (χ2v) is 7.60. The average Bonchev–Trinajstić information content (AvgIpc) is 2.22. The van der Waals surface area contributed by atoms with Gasteiger partial charge in [-0.2, -0.15) is 16.8 Å². The van der Waals surface area contributed by atoms with Crippen molar-refractivity contribution in [2.24, 2.45) is 0 Å². The van der Waals surface area contributed by atoms with Gasteiger partial charge in [0, 0.05) is 12.8 Å². The number of ether oxygens (including phenoxy) is 1. The maximum atomic E-state index is 11.1. The molecular formula is C10H20O9S2. The highest BCUT2D eigenvalue weighted by molar-refractivity contribution is 7.86. The van der Waals surface area contributed by atoms with E-state index in [1.807, 2.05) is 0 Å². The van der Waals surface area contributed by atoms with Crippen LogP contribution in [0, 0.1) is 0 Å². The van der Waals surface area contributed by atoms with Crippen molar-refractivity contribution in [3.63, 3.8) is 0 Å². The van der Waals surface area contributed by atoms with Gasteiger partial charge in [-0.25, -0.2) is 4.18 Å². The molecule has 2 N–H and O–H groups in total. The summed E-state index contributed by atoms with van der Waals surface area (Å²) in [6.45, 7) is 2.30.